The summed E-state index contributed by atoms with van der Waals surface area (Å²) >= 11 is 3.59. The van der Waals surface area contributed by atoms with Crippen molar-refractivity contribution in [1.29, 1.82) is 0 Å². The van der Waals surface area contributed by atoms with Crippen molar-refractivity contribution in [3.05, 3.63) is 21.7 Å². The summed E-state index contributed by atoms with van der Waals surface area (Å²) in [5.41, 5.74) is 2.69. The zero-order valence-corrected chi connectivity index (χ0v) is 12.2. The van der Waals surface area contributed by atoms with Crippen LogP contribution in [0, 0.1) is 0 Å². The van der Waals surface area contributed by atoms with Crippen molar-refractivity contribution in [2.75, 3.05) is 13.3 Å². The summed E-state index contributed by atoms with van der Waals surface area (Å²) in [6, 6.07) is 2.81. The number of benzene rings is 1. The van der Waals surface area contributed by atoms with Crippen LogP contribution in [-0.4, -0.2) is 19.4 Å². The first-order valence-corrected chi connectivity index (χ1v) is 7.42. The van der Waals surface area contributed by atoms with E-state index in [1.807, 2.05) is 0 Å². The van der Waals surface area contributed by atoms with Crippen molar-refractivity contribution < 1.29 is 9.47 Å². The zero-order valence-electron chi connectivity index (χ0n) is 10.6. The third kappa shape index (κ3) is 2.12. The van der Waals surface area contributed by atoms with Crippen molar-refractivity contribution in [2.24, 2.45) is 0 Å². The first kappa shape index (κ1) is 12.3. The third-order valence-electron chi connectivity index (χ3n) is 3.77. The minimum absolute atomic E-state index is 0.339. The Hall–Kier alpha value is -0.740. The van der Waals surface area contributed by atoms with Crippen LogP contribution in [0.5, 0.6) is 11.5 Å². The standard InChI is InChI=1S/C14H18BrNO2/c1-2-11-9(6-10-4-3-5-16-10)7-12(15)14-13(11)17-8-18-14/h7,10,16H,2-6,8H2,1H3. The maximum atomic E-state index is 5.63. The predicted molar refractivity (Wildman–Crippen MR) is 74.4 cm³/mol. The Balaban J connectivity index is 1.95. The van der Waals surface area contributed by atoms with E-state index in [1.54, 1.807) is 0 Å². The van der Waals surface area contributed by atoms with E-state index in [0.717, 1.165) is 35.4 Å². The molecular weight excluding hydrogens is 294 g/mol. The lowest BCUT2D eigenvalue weighted by Crippen LogP contribution is -2.24. The number of hydrogen-bond donors (Lipinski definition) is 1. The van der Waals surface area contributed by atoms with Gasteiger partial charge in [0.15, 0.2) is 11.5 Å². The van der Waals surface area contributed by atoms with E-state index in [2.05, 4.69) is 34.2 Å². The van der Waals surface area contributed by atoms with Crippen LogP contribution >= 0.6 is 15.9 Å². The first-order valence-electron chi connectivity index (χ1n) is 6.62. The van der Waals surface area contributed by atoms with Gasteiger partial charge in [-0.15, -0.1) is 0 Å². The van der Waals surface area contributed by atoms with Gasteiger partial charge in [0, 0.05) is 11.6 Å². The lowest BCUT2D eigenvalue weighted by Gasteiger charge is -2.16. The Morgan fingerprint density at radius 1 is 1.39 bits per heavy atom. The molecule has 3 nitrogen and oxygen atoms in total. The van der Waals surface area contributed by atoms with E-state index < -0.39 is 0 Å². The van der Waals surface area contributed by atoms with E-state index in [1.165, 1.54) is 24.0 Å². The zero-order chi connectivity index (χ0) is 12.5. The maximum absolute atomic E-state index is 5.63. The van der Waals surface area contributed by atoms with Crippen molar-refractivity contribution in [2.45, 2.75) is 38.6 Å². The molecule has 0 radical (unpaired) electrons. The van der Waals surface area contributed by atoms with Crippen LogP contribution in [0.4, 0.5) is 0 Å². The van der Waals surface area contributed by atoms with Crippen molar-refractivity contribution in [3.8, 4) is 11.5 Å². The molecule has 0 aromatic heterocycles. The normalized spacial score (nSPS) is 21.6. The molecule has 0 spiro atoms. The highest BCUT2D eigenvalue weighted by Gasteiger charge is 2.25. The van der Waals surface area contributed by atoms with E-state index in [0.29, 0.717) is 12.8 Å². The number of nitrogens with one attached hydrogen (secondary N) is 1. The van der Waals surface area contributed by atoms with Crippen LogP contribution in [-0.2, 0) is 12.8 Å². The summed E-state index contributed by atoms with van der Waals surface area (Å²) in [5.74, 6) is 1.81. The Morgan fingerprint density at radius 2 is 2.22 bits per heavy atom. The molecule has 1 aromatic carbocycles. The number of rotatable bonds is 3. The molecule has 1 N–H and O–H groups in total. The van der Waals surface area contributed by atoms with Gasteiger partial charge in [-0.1, -0.05) is 6.92 Å². The van der Waals surface area contributed by atoms with E-state index >= 15 is 0 Å². The SMILES string of the molecule is CCc1c(CC2CCCN2)cc(Br)c2c1OCO2. The number of hydrogen-bond acceptors (Lipinski definition) is 3. The predicted octanol–water partition coefficient (Wildman–Crippen LogP) is 3.03. The van der Waals surface area contributed by atoms with E-state index in [4.69, 9.17) is 9.47 Å². The van der Waals surface area contributed by atoms with E-state index in [-0.39, 0.29) is 0 Å². The van der Waals surface area contributed by atoms with Crippen LogP contribution in [0.1, 0.15) is 30.9 Å². The van der Waals surface area contributed by atoms with Crippen LogP contribution in [0.15, 0.2) is 10.5 Å². The molecule has 1 unspecified atom stereocenters. The molecule has 2 aliphatic rings. The van der Waals surface area contributed by atoms with E-state index in [9.17, 15) is 0 Å². The Kier molecular flexibility index (Phi) is 3.48. The quantitative estimate of drug-likeness (QED) is 0.930. The molecule has 1 fully saturated rings. The van der Waals surface area contributed by atoms with Gasteiger partial charge in [-0.05, 0) is 59.8 Å². The van der Waals surface area contributed by atoms with Gasteiger partial charge in [0.2, 0.25) is 6.79 Å². The lowest BCUT2D eigenvalue weighted by molar-refractivity contribution is 0.173. The summed E-state index contributed by atoms with van der Waals surface area (Å²) in [4.78, 5) is 0. The number of ether oxygens (including phenoxy) is 2. The molecule has 4 heteroatoms. The van der Waals surface area contributed by atoms with Crippen molar-refractivity contribution in [1.82, 2.24) is 5.32 Å². The fraction of sp³-hybridized carbons (Fsp3) is 0.571. The minimum Gasteiger partial charge on any atom is -0.453 e. The second kappa shape index (κ2) is 5.10. The second-order valence-corrected chi connectivity index (χ2v) is 5.77. The van der Waals surface area contributed by atoms with Gasteiger partial charge in [-0.2, -0.15) is 0 Å². The van der Waals surface area contributed by atoms with Gasteiger partial charge in [-0.25, -0.2) is 0 Å². The summed E-state index contributed by atoms with van der Waals surface area (Å²) in [7, 11) is 0. The third-order valence-corrected chi connectivity index (χ3v) is 4.36. The molecule has 1 saturated heterocycles. The molecule has 2 aliphatic heterocycles. The van der Waals surface area contributed by atoms with Crippen LogP contribution < -0.4 is 14.8 Å². The van der Waals surface area contributed by atoms with Crippen LogP contribution in [0.25, 0.3) is 0 Å². The summed E-state index contributed by atoms with van der Waals surface area (Å²) < 4.78 is 12.2. The Morgan fingerprint density at radius 3 is 2.94 bits per heavy atom. The molecule has 3 rings (SSSR count). The molecule has 18 heavy (non-hydrogen) atoms. The first-order chi connectivity index (χ1) is 8.79. The molecule has 0 aliphatic carbocycles. The average Bonchev–Trinajstić information content (AvgIpc) is 3.00. The van der Waals surface area contributed by atoms with Crippen LogP contribution in [0.3, 0.4) is 0 Å². The van der Waals surface area contributed by atoms with Gasteiger partial charge < -0.3 is 14.8 Å². The van der Waals surface area contributed by atoms with Gasteiger partial charge in [0.25, 0.3) is 0 Å². The average molecular weight is 312 g/mol. The van der Waals surface area contributed by atoms with Gasteiger partial charge >= 0.3 is 0 Å². The molecule has 0 amide bonds. The van der Waals surface area contributed by atoms with Crippen LogP contribution in [0.2, 0.25) is 0 Å². The summed E-state index contributed by atoms with van der Waals surface area (Å²) in [6.45, 7) is 3.67. The molecule has 2 heterocycles. The Bertz CT molecular complexity index is 456. The smallest absolute Gasteiger partial charge is 0.231 e. The molecular formula is C14H18BrNO2. The maximum Gasteiger partial charge on any atom is 0.231 e. The van der Waals surface area contributed by atoms with Gasteiger partial charge in [0.1, 0.15) is 0 Å². The topological polar surface area (TPSA) is 30.5 Å². The number of fused-ring (bicyclic) bond motifs is 1. The fourth-order valence-electron chi connectivity index (χ4n) is 2.90. The molecule has 0 saturated carbocycles. The monoisotopic (exact) mass is 311 g/mol. The highest BCUT2D eigenvalue weighted by molar-refractivity contribution is 9.10. The molecule has 0 bridgehead atoms. The summed E-state index contributed by atoms with van der Waals surface area (Å²) in [6.07, 6.45) is 4.63. The minimum atomic E-state index is 0.339. The fourth-order valence-corrected chi connectivity index (χ4v) is 3.47. The second-order valence-electron chi connectivity index (χ2n) is 4.91. The molecule has 1 aromatic rings. The molecule has 98 valence electrons. The highest BCUT2D eigenvalue weighted by atomic mass is 79.9. The van der Waals surface area contributed by atoms with Gasteiger partial charge in [-0.3, -0.25) is 0 Å². The molecule has 1 atom stereocenters. The van der Waals surface area contributed by atoms with Crippen molar-refractivity contribution in [3.63, 3.8) is 0 Å². The Labute approximate surface area is 116 Å². The lowest BCUT2D eigenvalue weighted by atomic mass is 9.96. The number of halogens is 1. The van der Waals surface area contributed by atoms with Gasteiger partial charge in [0.05, 0.1) is 4.47 Å². The summed E-state index contributed by atoms with van der Waals surface area (Å²) in [5, 5.41) is 3.56. The highest BCUT2D eigenvalue weighted by Crippen LogP contribution is 2.44. The largest absolute Gasteiger partial charge is 0.453 e. The van der Waals surface area contributed by atoms with Crippen molar-refractivity contribution >= 4 is 15.9 Å².